The highest BCUT2D eigenvalue weighted by Gasteiger charge is 2.61. The molecule has 0 saturated heterocycles. The molecule has 0 aliphatic heterocycles. The van der Waals surface area contributed by atoms with Gasteiger partial charge in [0.25, 0.3) is 0 Å². The zero-order valence-electron chi connectivity index (χ0n) is 24.1. The second-order valence-corrected chi connectivity index (χ2v) is 15.9. The van der Waals surface area contributed by atoms with Crippen LogP contribution < -0.4 is 0 Å². The molecule has 10 atom stereocenters. The minimum atomic E-state index is -0.391. The zero-order chi connectivity index (χ0) is 25.2. The first-order valence-electron chi connectivity index (χ1n) is 15.8. The molecule has 0 bridgehead atoms. The highest BCUT2D eigenvalue weighted by molar-refractivity contribution is 5.11. The monoisotopic (exact) mass is 486 g/mol. The van der Waals surface area contributed by atoms with E-state index in [1.807, 2.05) is 0 Å². The summed E-state index contributed by atoms with van der Waals surface area (Å²) in [6, 6.07) is 0. The van der Waals surface area contributed by atoms with Crippen molar-refractivity contribution in [3.05, 3.63) is 0 Å². The molecule has 8 unspecified atom stereocenters. The summed E-state index contributed by atoms with van der Waals surface area (Å²) >= 11 is 0. The lowest BCUT2D eigenvalue weighted by Crippen LogP contribution is -2.56. The van der Waals surface area contributed by atoms with Crippen LogP contribution in [-0.2, 0) is 0 Å². The molecule has 0 aromatic carbocycles. The quantitative estimate of drug-likeness (QED) is 0.409. The van der Waals surface area contributed by atoms with Gasteiger partial charge in [-0.25, -0.2) is 0 Å². The van der Waals surface area contributed by atoms with Crippen LogP contribution in [0.25, 0.3) is 0 Å². The summed E-state index contributed by atoms with van der Waals surface area (Å²) in [5.74, 6) is 5.22. The number of aliphatic hydroxyl groups is 2. The van der Waals surface area contributed by atoms with E-state index >= 15 is 0 Å². The van der Waals surface area contributed by atoms with Crippen LogP contribution in [0.15, 0.2) is 0 Å². The van der Waals surface area contributed by atoms with Gasteiger partial charge in [-0.3, -0.25) is 0 Å². The van der Waals surface area contributed by atoms with Crippen molar-refractivity contribution in [2.24, 2.45) is 57.7 Å². The van der Waals surface area contributed by atoms with Crippen LogP contribution in [0.2, 0.25) is 0 Å². The molecule has 0 heterocycles. The number of rotatable bonds is 5. The van der Waals surface area contributed by atoms with E-state index in [4.69, 9.17) is 0 Å². The first-order valence-corrected chi connectivity index (χ1v) is 15.8. The third-order valence-corrected chi connectivity index (χ3v) is 13.8. The minimum absolute atomic E-state index is 0.113. The standard InChI is InChI=1S/C33H58O2/c1-7-33(35)19-18-31(5)24(21-33)8-9-25-27-11-10-26(32(27,6)17-14-28(25)31)22(2)29(34)20-23-12-15-30(3,4)16-13-23/h22-29,34-35H,7-21H2,1-6H3/t22-,24?,25?,26?,27?,28?,29-,31?,32?,33?/m0/s1. The van der Waals surface area contributed by atoms with Crippen molar-refractivity contribution >= 4 is 0 Å². The van der Waals surface area contributed by atoms with E-state index in [-0.39, 0.29) is 6.10 Å². The maximum atomic E-state index is 11.4. The van der Waals surface area contributed by atoms with Crippen LogP contribution in [0, 0.1) is 57.7 Å². The van der Waals surface area contributed by atoms with E-state index in [1.54, 1.807) is 0 Å². The maximum Gasteiger partial charge on any atom is 0.0648 e. The van der Waals surface area contributed by atoms with Gasteiger partial charge in [0.1, 0.15) is 0 Å². The third kappa shape index (κ3) is 4.57. The first kappa shape index (κ1) is 26.5. The molecule has 5 aliphatic carbocycles. The summed E-state index contributed by atoms with van der Waals surface area (Å²) in [5.41, 5.74) is 1.00. The summed E-state index contributed by atoms with van der Waals surface area (Å²) in [4.78, 5) is 0. The van der Waals surface area contributed by atoms with Crippen molar-refractivity contribution in [2.75, 3.05) is 0 Å². The zero-order valence-corrected chi connectivity index (χ0v) is 24.1. The van der Waals surface area contributed by atoms with Crippen molar-refractivity contribution in [3.8, 4) is 0 Å². The SMILES string of the molecule is CCC1(O)CCC2(C)C(CCC3C2CCC2(C)C3CCC2[C@H](C)[C@@H](O)CC2CCC(C)(C)CC2)C1. The van der Waals surface area contributed by atoms with Gasteiger partial charge in [-0.15, -0.1) is 0 Å². The minimum Gasteiger partial charge on any atom is -0.393 e. The largest absolute Gasteiger partial charge is 0.393 e. The average Bonchev–Trinajstić information content (AvgIpc) is 3.17. The summed E-state index contributed by atoms with van der Waals surface area (Å²) in [7, 11) is 0. The molecule has 35 heavy (non-hydrogen) atoms. The highest BCUT2D eigenvalue weighted by Crippen LogP contribution is 2.69. The Kier molecular flexibility index (Phi) is 7.04. The molecule has 2 heteroatoms. The summed E-state index contributed by atoms with van der Waals surface area (Å²) in [6.45, 7) is 14.7. The molecule has 0 radical (unpaired) electrons. The van der Waals surface area contributed by atoms with Gasteiger partial charge in [0.15, 0.2) is 0 Å². The molecule has 5 saturated carbocycles. The fourth-order valence-electron chi connectivity index (χ4n) is 11.1. The number of hydrogen-bond donors (Lipinski definition) is 2. The van der Waals surface area contributed by atoms with Gasteiger partial charge in [-0.2, -0.15) is 0 Å². The number of fused-ring (bicyclic) bond motifs is 5. The van der Waals surface area contributed by atoms with E-state index in [0.29, 0.717) is 28.1 Å². The Hall–Kier alpha value is -0.0800. The van der Waals surface area contributed by atoms with E-state index in [2.05, 4.69) is 41.5 Å². The highest BCUT2D eigenvalue weighted by atomic mass is 16.3. The van der Waals surface area contributed by atoms with Crippen LogP contribution in [0.3, 0.4) is 0 Å². The third-order valence-electron chi connectivity index (χ3n) is 13.8. The fourth-order valence-corrected chi connectivity index (χ4v) is 11.1. The molecule has 202 valence electrons. The Morgan fingerprint density at radius 2 is 1.46 bits per heavy atom. The summed E-state index contributed by atoms with van der Waals surface area (Å²) < 4.78 is 0. The maximum absolute atomic E-state index is 11.4. The van der Waals surface area contributed by atoms with Crippen molar-refractivity contribution in [1.29, 1.82) is 0 Å². The molecule has 0 amide bonds. The first-order chi connectivity index (χ1) is 16.4. The fraction of sp³-hybridized carbons (Fsp3) is 1.00. The van der Waals surface area contributed by atoms with Crippen LogP contribution in [0.4, 0.5) is 0 Å². The molecular formula is C33H58O2. The summed E-state index contributed by atoms with van der Waals surface area (Å²) in [5, 5.41) is 22.5. The molecular weight excluding hydrogens is 428 g/mol. The van der Waals surface area contributed by atoms with E-state index in [9.17, 15) is 10.2 Å². The van der Waals surface area contributed by atoms with E-state index in [1.165, 1.54) is 70.6 Å². The van der Waals surface area contributed by atoms with Crippen LogP contribution in [0.5, 0.6) is 0 Å². The molecule has 2 N–H and O–H groups in total. The molecule has 5 rings (SSSR count). The van der Waals surface area contributed by atoms with Crippen LogP contribution >= 0.6 is 0 Å². The molecule has 2 nitrogen and oxygen atoms in total. The van der Waals surface area contributed by atoms with Gasteiger partial charge < -0.3 is 10.2 Å². The van der Waals surface area contributed by atoms with Gasteiger partial charge in [0, 0.05) is 0 Å². The number of aliphatic hydroxyl groups excluding tert-OH is 1. The molecule has 0 aromatic rings. The Morgan fingerprint density at radius 1 is 0.771 bits per heavy atom. The molecule has 5 fully saturated rings. The van der Waals surface area contributed by atoms with Gasteiger partial charge in [-0.1, -0.05) is 41.5 Å². The second-order valence-electron chi connectivity index (χ2n) is 15.9. The van der Waals surface area contributed by atoms with Gasteiger partial charge in [0.2, 0.25) is 0 Å². The lowest BCUT2D eigenvalue weighted by Gasteiger charge is -2.62. The van der Waals surface area contributed by atoms with Gasteiger partial charge in [0.05, 0.1) is 11.7 Å². The Labute approximate surface area is 217 Å². The predicted octanol–water partition coefficient (Wildman–Crippen LogP) is 8.39. The second kappa shape index (κ2) is 9.29. The topological polar surface area (TPSA) is 40.5 Å². The lowest BCUT2D eigenvalue weighted by molar-refractivity contribution is -0.154. The van der Waals surface area contributed by atoms with Gasteiger partial charge in [-0.05, 0) is 154 Å². The Morgan fingerprint density at radius 3 is 2.14 bits per heavy atom. The Balaban J connectivity index is 1.25. The molecule has 5 aliphatic rings. The van der Waals surface area contributed by atoms with Crippen molar-refractivity contribution < 1.29 is 10.2 Å². The normalized spacial score (nSPS) is 49.5. The smallest absolute Gasteiger partial charge is 0.0648 e. The number of hydrogen-bond acceptors (Lipinski definition) is 2. The van der Waals surface area contributed by atoms with Crippen LogP contribution in [-0.4, -0.2) is 21.9 Å². The lowest BCUT2D eigenvalue weighted by atomic mass is 9.43. The average molecular weight is 487 g/mol. The predicted molar refractivity (Wildman–Crippen MR) is 146 cm³/mol. The van der Waals surface area contributed by atoms with Gasteiger partial charge >= 0.3 is 0 Å². The van der Waals surface area contributed by atoms with Crippen molar-refractivity contribution in [3.63, 3.8) is 0 Å². The van der Waals surface area contributed by atoms with Crippen molar-refractivity contribution in [2.45, 2.75) is 150 Å². The summed E-state index contributed by atoms with van der Waals surface area (Å²) in [6.07, 6.45) is 18.7. The van der Waals surface area contributed by atoms with E-state index < -0.39 is 5.60 Å². The van der Waals surface area contributed by atoms with Crippen LogP contribution in [0.1, 0.15) is 138 Å². The molecule has 0 aromatic heterocycles. The Bertz CT molecular complexity index is 750. The molecule has 0 spiro atoms. The van der Waals surface area contributed by atoms with E-state index in [0.717, 1.165) is 55.3 Å². The van der Waals surface area contributed by atoms with Crippen molar-refractivity contribution in [1.82, 2.24) is 0 Å².